The Balaban J connectivity index is 1.77. The molecule has 0 unspecified atom stereocenters. The summed E-state index contributed by atoms with van der Waals surface area (Å²) in [5, 5.41) is 3.48. The summed E-state index contributed by atoms with van der Waals surface area (Å²) < 4.78 is 0. The summed E-state index contributed by atoms with van der Waals surface area (Å²) in [6.45, 7) is 8.23. The van der Waals surface area contributed by atoms with E-state index in [4.69, 9.17) is 16.6 Å². The number of hydrogen-bond donors (Lipinski definition) is 0. The smallest absolute Gasteiger partial charge is 0.219 e. The number of aromatic nitrogens is 1. The number of halogens is 1. The zero-order chi connectivity index (χ0) is 22.8. The van der Waals surface area contributed by atoms with Gasteiger partial charge in [0.2, 0.25) is 5.91 Å². The van der Waals surface area contributed by atoms with Gasteiger partial charge in [0.25, 0.3) is 0 Å². The number of likely N-dealkylation sites (tertiary alicyclic amines) is 1. The van der Waals surface area contributed by atoms with Gasteiger partial charge in [-0.05, 0) is 43.4 Å². The molecule has 0 saturated carbocycles. The summed E-state index contributed by atoms with van der Waals surface area (Å²) in [7, 11) is 0. The van der Waals surface area contributed by atoms with Gasteiger partial charge in [-0.1, -0.05) is 31.5 Å². The van der Waals surface area contributed by atoms with Gasteiger partial charge in [-0.25, -0.2) is 4.98 Å². The van der Waals surface area contributed by atoms with E-state index in [0.29, 0.717) is 10.9 Å². The van der Waals surface area contributed by atoms with E-state index in [9.17, 15) is 14.4 Å². The van der Waals surface area contributed by atoms with Crippen molar-refractivity contribution in [1.29, 1.82) is 0 Å². The number of thiazole rings is 1. The summed E-state index contributed by atoms with van der Waals surface area (Å²) >= 11 is 7.83. The number of amides is 1. The summed E-state index contributed by atoms with van der Waals surface area (Å²) in [6.07, 6.45) is 2.23. The van der Waals surface area contributed by atoms with E-state index in [0.717, 1.165) is 47.8 Å². The van der Waals surface area contributed by atoms with Crippen LogP contribution in [0, 0.1) is 5.41 Å². The molecule has 1 aromatic carbocycles. The fourth-order valence-electron chi connectivity index (χ4n) is 3.97. The molecule has 31 heavy (non-hydrogen) atoms. The molecule has 7 heteroatoms. The Kier molecular flexibility index (Phi) is 7.32. The predicted octanol–water partition coefficient (Wildman–Crippen LogP) is 5.31. The first-order chi connectivity index (χ1) is 14.6. The first kappa shape index (κ1) is 23.6. The van der Waals surface area contributed by atoms with Gasteiger partial charge in [-0.15, -0.1) is 11.3 Å². The third kappa shape index (κ3) is 5.80. The van der Waals surface area contributed by atoms with Crippen molar-refractivity contribution in [3.63, 3.8) is 0 Å². The molecule has 5 nitrogen and oxygen atoms in total. The van der Waals surface area contributed by atoms with Crippen LogP contribution in [0.2, 0.25) is 5.02 Å². The monoisotopic (exact) mass is 460 g/mol. The van der Waals surface area contributed by atoms with Crippen LogP contribution in [0.15, 0.2) is 23.6 Å². The predicted molar refractivity (Wildman–Crippen MR) is 125 cm³/mol. The molecule has 1 amide bonds. The molecule has 0 radical (unpaired) electrons. The maximum absolute atomic E-state index is 12.5. The van der Waals surface area contributed by atoms with Crippen molar-refractivity contribution in [2.45, 2.75) is 59.3 Å². The average Bonchev–Trinajstić information content (AvgIpc) is 3.15. The molecule has 1 aliphatic rings. The number of rotatable bonds is 7. The van der Waals surface area contributed by atoms with Gasteiger partial charge in [0.1, 0.15) is 16.6 Å². The van der Waals surface area contributed by atoms with Crippen LogP contribution in [0.1, 0.15) is 64.1 Å². The molecular weight excluding hydrogens is 432 g/mol. The molecule has 3 rings (SSSR count). The average molecular weight is 461 g/mol. The fourth-order valence-corrected chi connectivity index (χ4v) is 5.01. The van der Waals surface area contributed by atoms with Crippen LogP contribution in [-0.2, 0) is 20.8 Å². The first-order valence-corrected chi connectivity index (χ1v) is 11.8. The number of carbonyl (C=O) groups excluding carboxylic acids is 3. The quantitative estimate of drug-likeness (QED) is 0.561. The molecule has 1 fully saturated rings. The number of Topliss-reactive ketones (excluding diaryl/α,β-unsaturated/α-hetero) is 2. The Hall–Kier alpha value is -2.05. The van der Waals surface area contributed by atoms with Gasteiger partial charge in [0, 0.05) is 54.2 Å². The maximum Gasteiger partial charge on any atom is 0.219 e. The van der Waals surface area contributed by atoms with Crippen molar-refractivity contribution in [1.82, 2.24) is 9.88 Å². The van der Waals surface area contributed by atoms with Crippen LogP contribution in [0.25, 0.3) is 10.6 Å². The summed E-state index contributed by atoms with van der Waals surface area (Å²) in [5.74, 6) is 0.466. The van der Waals surface area contributed by atoms with Gasteiger partial charge in [0.15, 0.2) is 0 Å². The Morgan fingerprint density at radius 1 is 1.19 bits per heavy atom. The van der Waals surface area contributed by atoms with Crippen molar-refractivity contribution in [3.8, 4) is 10.6 Å². The zero-order valence-corrected chi connectivity index (χ0v) is 20.1. The minimum absolute atomic E-state index is 0.0152. The van der Waals surface area contributed by atoms with E-state index in [1.54, 1.807) is 20.8 Å². The lowest BCUT2D eigenvalue weighted by atomic mass is 9.83. The van der Waals surface area contributed by atoms with Crippen molar-refractivity contribution >= 4 is 40.4 Å². The largest absolute Gasteiger partial charge is 0.343 e. The first-order valence-electron chi connectivity index (χ1n) is 10.6. The van der Waals surface area contributed by atoms with Gasteiger partial charge in [0.05, 0.1) is 5.69 Å². The van der Waals surface area contributed by atoms with Crippen molar-refractivity contribution in [2.24, 2.45) is 5.41 Å². The Labute approximate surface area is 192 Å². The number of piperidine rings is 1. The number of carbonyl (C=O) groups is 3. The van der Waals surface area contributed by atoms with Crippen LogP contribution in [0.3, 0.4) is 0 Å². The summed E-state index contributed by atoms with van der Waals surface area (Å²) in [5.41, 5.74) is 2.28. The lowest BCUT2D eigenvalue weighted by molar-refractivity contribution is -0.130. The number of ketones is 2. The van der Waals surface area contributed by atoms with E-state index < -0.39 is 5.41 Å². The highest BCUT2D eigenvalue weighted by atomic mass is 35.5. The molecule has 2 heterocycles. The molecular formula is C24H29ClN2O3S. The van der Waals surface area contributed by atoms with E-state index >= 15 is 0 Å². The highest BCUT2D eigenvalue weighted by Crippen LogP contribution is 2.38. The van der Waals surface area contributed by atoms with Crippen LogP contribution < -0.4 is 0 Å². The topological polar surface area (TPSA) is 67.3 Å². The van der Waals surface area contributed by atoms with Gasteiger partial charge >= 0.3 is 0 Å². The third-order valence-corrected chi connectivity index (χ3v) is 7.31. The summed E-state index contributed by atoms with van der Waals surface area (Å²) in [4.78, 5) is 42.5. The highest BCUT2D eigenvalue weighted by Gasteiger charge is 2.28. The molecule has 2 aromatic rings. The Bertz CT molecular complexity index is 990. The van der Waals surface area contributed by atoms with Crippen LogP contribution >= 0.6 is 22.9 Å². The standard InChI is InChI=1S/C24H29ClN2O3S/c1-15(28)24(3,4)13-20(30)12-19-14-31-23(26-19)21-6-5-18(25)11-22(21)17-7-9-27(10-8-17)16(2)29/h5-6,11,14,17H,7-10,12-13H2,1-4H3. The minimum atomic E-state index is -0.645. The van der Waals surface area contributed by atoms with Crippen LogP contribution in [0.4, 0.5) is 0 Å². The molecule has 0 aliphatic carbocycles. The molecule has 0 bridgehead atoms. The second-order valence-electron chi connectivity index (χ2n) is 8.99. The molecule has 1 saturated heterocycles. The lowest BCUT2D eigenvalue weighted by Crippen LogP contribution is -2.36. The van der Waals surface area contributed by atoms with Crippen molar-refractivity contribution < 1.29 is 14.4 Å². The number of hydrogen-bond acceptors (Lipinski definition) is 5. The fraction of sp³-hybridized carbons (Fsp3) is 0.500. The van der Waals surface area contributed by atoms with E-state index in [1.165, 1.54) is 18.3 Å². The normalized spacial score (nSPS) is 15.2. The molecule has 1 aliphatic heterocycles. The van der Waals surface area contributed by atoms with Gasteiger partial charge in [-0.2, -0.15) is 0 Å². The second-order valence-corrected chi connectivity index (χ2v) is 10.3. The van der Waals surface area contributed by atoms with E-state index in [2.05, 4.69) is 0 Å². The van der Waals surface area contributed by atoms with Gasteiger partial charge in [-0.3, -0.25) is 14.4 Å². The Morgan fingerprint density at radius 2 is 1.87 bits per heavy atom. The molecule has 0 N–H and O–H groups in total. The third-order valence-electron chi connectivity index (χ3n) is 6.15. The lowest BCUT2D eigenvalue weighted by Gasteiger charge is -2.32. The molecule has 0 spiro atoms. The number of nitrogens with zero attached hydrogens (tertiary/aromatic N) is 2. The molecule has 166 valence electrons. The van der Waals surface area contributed by atoms with Crippen molar-refractivity contribution in [3.05, 3.63) is 39.9 Å². The van der Waals surface area contributed by atoms with Gasteiger partial charge < -0.3 is 4.90 Å². The van der Waals surface area contributed by atoms with E-state index in [1.807, 2.05) is 28.5 Å². The molecule has 0 atom stereocenters. The summed E-state index contributed by atoms with van der Waals surface area (Å²) in [6, 6.07) is 5.87. The van der Waals surface area contributed by atoms with Crippen LogP contribution in [-0.4, -0.2) is 40.4 Å². The molecule has 1 aromatic heterocycles. The number of benzene rings is 1. The zero-order valence-electron chi connectivity index (χ0n) is 18.5. The maximum atomic E-state index is 12.5. The van der Waals surface area contributed by atoms with E-state index in [-0.39, 0.29) is 30.3 Å². The Morgan fingerprint density at radius 3 is 2.48 bits per heavy atom. The van der Waals surface area contributed by atoms with Crippen LogP contribution in [0.5, 0.6) is 0 Å². The second kappa shape index (κ2) is 9.61. The van der Waals surface area contributed by atoms with Crippen molar-refractivity contribution in [2.75, 3.05) is 13.1 Å². The SMILES string of the molecule is CC(=O)N1CCC(c2cc(Cl)ccc2-c2nc(CC(=O)CC(C)(C)C(C)=O)cs2)CC1. The minimum Gasteiger partial charge on any atom is -0.343 e. The highest BCUT2D eigenvalue weighted by molar-refractivity contribution is 7.13.